The molecule has 6 nitrogen and oxygen atoms in total. The lowest BCUT2D eigenvalue weighted by molar-refractivity contribution is -0.112. The first-order chi connectivity index (χ1) is 8.20. The van der Waals surface area contributed by atoms with E-state index in [9.17, 15) is 9.59 Å². The van der Waals surface area contributed by atoms with Gasteiger partial charge in [0, 0.05) is 11.8 Å². The minimum atomic E-state index is -0.406. The standard InChI is InChI=1S/C10H11N3O3S/c1-16-8-3-2-6(12-13-8)9(14)11-7-4-5-17-10(7)15/h2-3,7H,4-5H2,1H3,(H,11,14). The molecule has 0 radical (unpaired) electrons. The number of rotatable bonds is 3. The molecule has 1 aliphatic rings. The first-order valence-electron chi connectivity index (χ1n) is 5.06. The third-order valence-corrected chi connectivity index (χ3v) is 3.33. The Morgan fingerprint density at radius 3 is 2.88 bits per heavy atom. The van der Waals surface area contributed by atoms with Crippen molar-refractivity contribution in [2.75, 3.05) is 12.9 Å². The number of methoxy groups -OCH3 is 1. The molecule has 1 unspecified atom stereocenters. The minimum absolute atomic E-state index is 0.000166. The quantitative estimate of drug-likeness (QED) is 0.831. The second kappa shape index (κ2) is 5.13. The van der Waals surface area contributed by atoms with Crippen LogP contribution in [0.1, 0.15) is 16.9 Å². The average Bonchev–Trinajstić information content (AvgIpc) is 2.75. The molecule has 1 N–H and O–H groups in total. The zero-order valence-corrected chi connectivity index (χ0v) is 9.99. The zero-order chi connectivity index (χ0) is 12.3. The average molecular weight is 253 g/mol. The fourth-order valence-corrected chi connectivity index (χ4v) is 2.34. The second-order valence-corrected chi connectivity index (χ2v) is 4.54. The van der Waals surface area contributed by atoms with E-state index in [0.29, 0.717) is 12.3 Å². The second-order valence-electron chi connectivity index (χ2n) is 3.44. The van der Waals surface area contributed by atoms with Crippen molar-refractivity contribution >= 4 is 22.8 Å². The lowest BCUT2D eigenvalue weighted by Crippen LogP contribution is -2.37. The summed E-state index contributed by atoms with van der Waals surface area (Å²) in [7, 11) is 1.47. The van der Waals surface area contributed by atoms with Crippen molar-refractivity contribution in [3.05, 3.63) is 17.8 Å². The summed E-state index contributed by atoms with van der Waals surface area (Å²) in [5.41, 5.74) is 0.176. The molecule has 1 aliphatic heterocycles. The lowest BCUT2D eigenvalue weighted by Gasteiger charge is -2.09. The number of ether oxygens (including phenoxy) is 1. The van der Waals surface area contributed by atoms with Crippen LogP contribution in [0, 0.1) is 0 Å². The predicted molar refractivity (Wildman–Crippen MR) is 61.9 cm³/mol. The summed E-state index contributed by atoms with van der Waals surface area (Å²) in [4.78, 5) is 23.1. The van der Waals surface area contributed by atoms with E-state index < -0.39 is 6.04 Å². The maximum absolute atomic E-state index is 11.7. The van der Waals surface area contributed by atoms with E-state index >= 15 is 0 Å². The number of nitrogens with one attached hydrogen (secondary N) is 1. The van der Waals surface area contributed by atoms with Gasteiger partial charge < -0.3 is 10.1 Å². The van der Waals surface area contributed by atoms with E-state index in [1.54, 1.807) is 6.07 Å². The minimum Gasteiger partial charge on any atom is -0.480 e. The predicted octanol–water partition coefficient (Wildman–Crippen LogP) is 0.247. The van der Waals surface area contributed by atoms with Gasteiger partial charge >= 0.3 is 0 Å². The summed E-state index contributed by atoms with van der Waals surface area (Å²) >= 11 is 1.24. The van der Waals surface area contributed by atoms with Gasteiger partial charge in [-0.15, -0.1) is 10.2 Å². The molecule has 7 heteroatoms. The van der Waals surface area contributed by atoms with Crippen LogP contribution in [-0.4, -0.2) is 40.1 Å². The highest BCUT2D eigenvalue weighted by Gasteiger charge is 2.27. The molecule has 1 fully saturated rings. The molecule has 1 atom stereocenters. The Morgan fingerprint density at radius 2 is 2.35 bits per heavy atom. The van der Waals surface area contributed by atoms with Gasteiger partial charge in [-0.25, -0.2) is 0 Å². The van der Waals surface area contributed by atoms with Gasteiger partial charge in [0.05, 0.1) is 13.2 Å². The van der Waals surface area contributed by atoms with E-state index in [1.165, 1.54) is 24.9 Å². The summed E-state index contributed by atoms with van der Waals surface area (Å²) < 4.78 is 4.84. The largest absolute Gasteiger partial charge is 0.480 e. The molecule has 1 aromatic heterocycles. The van der Waals surface area contributed by atoms with E-state index in [0.717, 1.165) is 5.75 Å². The molecule has 0 aromatic carbocycles. The summed E-state index contributed by atoms with van der Waals surface area (Å²) in [6.45, 7) is 0. The van der Waals surface area contributed by atoms with Crippen LogP contribution in [0.15, 0.2) is 12.1 Å². The van der Waals surface area contributed by atoms with Gasteiger partial charge in [0.2, 0.25) is 11.0 Å². The molecule has 0 spiro atoms. The molecular weight excluding hydrogens is 242 g/mol. The van der Waals surface area contributed by atoms with Crippen molar-refractivity contribution in [1.82, 2.24) is 15.5 Å². The summed E-state index contributed by atoms with van der Waals surface area (Å²) in [5, 5.41) is 10.0. The van der Waals surface area contributed by atoms with Crippen LogP contribution >= 0.6 is 11.8 Å². The molecule has 0 aliphatic carbocycles. The van der Waals surface area contributed by atoms with Crippen LogP contribution in [0.2, 0.25) is 0 Å². The smallest absolute Gasteiger partial charge is 0.272 e. The van der Waals surface area contributed by atoms with Gasteiger partial charge in [-0.3, -0.25) is 9.59 Å². The van der Waals surface area contributed by atoms with Gasteiger partial charge in [-0.1, -0.05) is 11.8 Å². The van der Waals surface area contributed by atoms with Crippen molar-refractivity contribution in [3.8, 4) is 5.88 Å². The summed E-state index contributed by atoms with van der Waals surface area (Å²) in [5.74, 6) is 0.702. The van der Waals surface area contributed by atoms with Gasteiger partial charge in [0.1, 0.15) is 0 Å². The van der Waals surface area contributed by atoms with Gasteiger partial charge in [0.25, 0.3) is 5.91 Å². The fourth-order valence-electron chi connectivity index (χ4n) is 1.41. The Bertz CT molecular complexity index is 435. The third-order valence-electron chi connectivity index (χ3n) is 2.32. The van der Waals surface area contributed by atoms with Crippen LogP contribution < -0.4 is 10.1 Å². The monoisotopic (exact) mass is 253 g/mol. The number of nitrogens with zero attached hydrogens (tertiary/aromatic N) is 2. The Balaban J connectivity index is 2.01. The van der Waals surface area contributed by atoms with Crippen LogP contribution in [-0.2, 0) is 4.79 Å². The van der Waals surface area contributed by atoms with Crippen molar-refractivity contribution in [3.63, 3.8) is 0 Å². The number of amides is 1. The molecular formula is C10H11N3O3S. The molecule has 90 valence electrons. The molecule has 2 heterocycles. The van der Waals surface area contributed by atoms with Crippen LogP contribution in [0.5, 0.6) is 5.88 Å². The third kappa shape index (κ3) is 2.73. The highest BCUT2D eigenvalue weighted by atomic mass is 32.2. The Morgan fingerprint density at radius 1 is 1.53 bits per heavy atom. The van der Waals surface area contributed by atoms with E-state index in [2.05, 4.69) is 15.5 Å². The Labute approximate surface area is 102 Å². The highest BCUT2D eigenvalue weighted by molar-refractivity contribution is 8.14. The molecule has 1 aromatic rings. The SMILES string of the molecule is COc1ccc(C(=O)NC2CCSC2=O)nn1. The molecule has 0 saturated carbocycles. The van der Waals surface area contributed by atoms with Crippen LogP contribution in [0.4, 0.5) is 0 Å². The van der Waals surface area contributed by atoms with Gasteiger partial charge in [0.15, 0.2) is 5.69 Å². The molecule has 17 heavy (non-hydrogen) atoms. The van der Waals surface area contributed by atoms with Crippen molar-refractivity contribution < 1.29 is 14.3 Å². The van der Waals surface area contributed by atoms with E-state index in [-0.39, 0.29) is 16.7 Å². The van der Waals surface area contributed by atoms with Crippen LogP contribution in [0.3, 0.4) is 0 Å². The number of thioether (sulfide) groups is 1. The first kappa shape index (κ1) is 11.8. The topological polar surface area (TPSA) is 81.2 Å². The number of carbonyl (C=O) groups is 2. The summed E-state index contributed by atoms with van der Waals surface area (Å²) in [6.07, 6.45) is 0.665. The van der Waals surface area contributed by atoms with Crippen molar-refractivity contribution in [2.45, 2.75) is 12.5 Å². The van der Waals surface area contributed by atoms with E-state index in [4.69, 9.17) is 4.74 Å². The zero-order valence-electron chi connectivity index (χ0n) is 9.17. The van der Waals surface area contributed by atoms with Gasteiger partial charge in [-0.05, 0) is 12.5 Å². The Kier molecular flexibility index (Phi) is 3.58. The van der Waals surface area contributed by atoms with E-state index in [1.807, 2.05) is 0 Å². The molecule has 1 saturated heterocycles. The van der Waals surface area contributed by atoms with Crippen molar-refractivity contribution in [1.29, 1.82) is 0 Å². The molecule has 0 bridgehead atoms. The first-order valence-corrected chi connectivity index (χ1v) is 6.04. The maximum Gasteiger partial charge on any atom is 0.272 e. The normalized spacial score (nSPS) is 19.1. The fraction of sp³-hybridized carbons (Fsp3) is 0.400. The maximum atomic E-state index is 11.7. The number of aromatic nitrogens is 2. The van der Waals surface area contributed by atoms with Crippen molar-refractivity contribution in [2.24, 2.45) is 0 Å². The number of hydrogen-bond acceptors (Lipinski definition) is 6. The number of hydrogen-bond donors (Lipinski definition) is 1. The lowest BCUT2D eigenvalue weighted by atomic mass is 10.2. The Hall–Kier alpha value is -1.63. The summed E-state index contributed by atoms with van der Waals surface area (Å²) in [6, 6.07) is 2.65. The molecule has 1 amide bonds. The highest BCUT2D eigenvalue weighted by Crippen LogP contribution is 2.19. The van der Waals surface area contributed by atoms with Gasteiger partial charge in [-0.2, -0.15) is 0 Å². The number of carbonyl (C=O) groups excluding carboxylic acids is 2. The van der Waals surface area contributed by atoms with Crippen LogP contribution in [0.25, 0.3) is 0 Å². The molecule has 2 rings (SSSR count).